The second kappa shape index (κ2) is 9.84. The van der Waals surface area contributed by atoms with Gasteiger partial charge in [0.05, 0.1) is 13.2 Å². The van der Waals surface area contributed by atoms with Gasteiger partial charge in [-0.05, 0) is 0 Å². The minimum Gasteiger partial charge on any atom is -0.479 e. The first-order chi connectivity index (χ1) is 14.6. The Morgan fingerprint density at radius 3 is 1.52 bits per heavy atom. The molecular weight excluding hydrogens is 432 g/mol. The number of rotatable bonds is 7. The lowest BCUT2D eigenvalue weighted by atomic mass is 9.98. The van der Waals surface area contributed by atoms with E-state index in [1.165, 1.54) is 0 Å². The summed E-state index contributed by atoms with van der Waals surface area (Å²) in [7, 11) is 0. The molecule has 0 unspecified atom stereocenters. The lowest BCUT2D eigenvalue weighted by molar-refractivity contribution is -0.340. The maximum absolute atomic E-state index is 11.7. The van der Waals surface area contributed by atoms with E-state index in [2.05, 4.69) is 0 Å². The molecule has 0 saturated carbocycles. The molecule has 3 aliphatic rings. The quantitative estimate of drug-likeness (QED) is 0.172. The van der Waals surface area contributed by atoms with Crippen molar-refractivity contribution in [1.29, 1.82) is 0 Å². The molecule has 0 aromatic heterocycles. The highest BCUT2D eigenvalue weighted by molar-refractivity contribution is 5.73. The molecule has 0 spiro atoms. The van der Waals surface area contributed by atoms with Crippen molar-refractivity contribution >= 4 is 5.97 Å². The van der Waals surface area contributed by atoms with Crippen LogP contribution in [0, 0.1) is 0 Å². The molecule has 3 fully saturated rings. The summed E-state index contributed by atoms with van der Waals surface area (Å²) in [6.07, 6.45) is -21.9. The van der Waals surface area contributed by atoms with Gasteiger partial charge >= 0.3 is 5.97 Å². The van der Waals surface area contributed by atoms with E-state index in [-0.39, 0.29) is 0 Å². The van der Waals surface area contributed by atoms with Gasteiger partial charge in [0, 0.05) is 0 Å². The molecule has 0 radical (unpaired) electrons. The highest BCUT2D eigenvalue weighted by atomic mass is 16.8. The van der Waals surface area contributed by atoms with Crippen molar-refractivity contribution in [3.63, 3.8) is 0 Å². The van der Waals surface area contributed by atoms with E-state index in [9.17, 15) is 50.8 Å². The zero-order valence-electron chi connectivity index (χ0n) is 15.9. The largest absolute Gasteiger partial charge is 0.479 e. The molecule has 0 aromatic rings. The molecular formula is C16H26O15. The zero-order valence-corrected chi connectivity index (χ0v) is 15.9. The lowest BCUT2D eigenvalue weighted by Crippen LogP contribution is -2.63. The SMILES string of the molecule is O=C(O)[C@H]1O[C@@H](O)[C@H](O)[C@@H](O[C@@H]2O[C@@H](CO)[C@H](O)[C@H]2O)[C@@H]1O[C@@H]1O[C@@H](CO)[C@H](O)[C@H]1O. The van der Waals surface area contributed by atoms with Gasteiger partial charge in [-0.15, -0.1) is 0 Å². The zero-order chi connectivity index (χ0) is 23.0. The highest BCUT2D eigenvalue weighted by Gasteiger charge is 2.55. The summed E-state index contributed by atoms with van der Waals surface area (Å²) >= 11 is 0. The molecule has 9 N–H and O–H groups in total. The highest BCUT2D eigenvalue weighted by Crippen LogP contribution is 2.33. The number of carbonyl (C=O) groups is 1. The summed E-state index contributed by atoms with van der Waals surface area (Å²) in [5, 5.41) is 87.9. The third kappa shape index (κ3) is 4.69. The van der Waals surface area contributed by atoms with Gasteiger partial charge < -0.3 is 69.6 Å². The Bertz CT molecular complexity index is 620. The Morgan fingerprint density at radius 2 is 1.13 bits per heavy atom. The van der Waals surface area contributed by atoms with E-state index < -0.39 is 99.1 Å². The maximum Gasteiger partial charge on any atom is 0.335 e. The van der Waals surface area contributed by atoms with Gasteiger partial charge in [0.2, 0.25) is 0 Å². The molecule has 31 heavy (non-hydrogen) atoms. The molecule has 3 heterocycles. The fourth-order valence-corrected chi connectivity index (χ4v) is 3.61. The Balaban J connectivity index is 1.83. The van der Waals surface area contributed by atoms with Crippen LogP contribution in [-0.4, -0.2) is 145 Å². The van der Waals surface area contributed by atoms with Crippen LogP contribution in [0.25, 0.3) is 0 Å². The minimum absolute atomic E-state index is 0.683. The fraction of sp³-hybridized carbons (Fsp3) is 0.938. The van der Waals surface area contributed by atoms with Crippen molar-refractivity contribution in [2.45, 2.75) is 79.9 Å². The Hall–Kier alpha value is -1.05. The van der Waals surface area contributed by atoms with Gasteiger partial charge in [-0.1, -0.05) is 0 Å². The molecule has 3 saturated heterocycles. The summed E-state index contributed by atoms with van der Waals surface area (Å²) in [6, 6.07) is 0. The van der Waals surface area contributed by atoms with E-state index in [0.29, 0.717) is 0 Å². The third-order valence-corrected chi connectivity index (χ3v) is 5.36. The first-order valence-corrected chi connectivity index (χ1v) is 9.40. The summed E-state index contributed by atoms with van der Waals surface area (Å²) in [5.41, 5.74) is 0. The molecule has 15 nitrogen and oxygen atoms in total. The number of hydrogen-bond donors (Lipinski definition) is 9. The first kappa shape index (κ1) is 24.6. The number of aliphatic hydroxyl groups excluding tert-OH is 8. The second-order valence-corrected chi connectivity index (χ2v) is 7.39. The number of carboxylic acid groups (broad SMARTS) is 1. The van der Waals surface area contributed by atoms with Crippen LogP contribution in [0.3, 0.4) is 0 Å². The predicted molar refractivity (Wildman–Crippen MR) is 89.8 cm³/mol. The summed E-state index contributed by atoms with van der Waals surface area (Å²) in [6.45, 7) is -1.37. The maximum atomic E-state index is 11.7. The van der Waals surface area contributed by atoms with Gasteiger partial charge in [-0.25, -0.2) is 4.79 Å². The molecule has 3 rings (SSSR count). The monoisotopic (exact) mass is 458 g/mol. The molecule has 0 amide bonds. The van der Waals surface area contributed by atoms with Crippen molar-refractivity contribution in [3.8, 4) is 0 Å². The van der Waals surface area contributed by atoms with Crippen molar-refractivity contribution in [2.24, 2.45) is 0 Å². The number of aliphatic carboxylic acids is 1. The van der Waals surface area contributed by atoms with E-state index in [1.54, 1.807) is 0 Å². The third-order valence-electron chi connectivity index (χ3n) is 5.36. The molecule has 15 heteroatoms. The van der Waals surface area contributed by atoms with Crippen LogP contribution in [-0.2, 0) is 28.5 Å². The van der Waals surface area contributed by atoms with Gasteiger partial charge in [-0.3, -0.25) is 0 Å². The molecule has 13 atom stereocenters. The second-order valence-electron chi connectivity index (χ2n) is 7.39. The van der Waals surface area contributed by atoms with Crippen LogP contribution in [0.15, 0.2) is 0 Å². The van der Waals surface area contributed by atoms with Crippen molar-refractivity contribution in [3.05, 3.63) is 0 Å². The van der Waals surface area contributed by atoms with Crippen LogP contribution in [0.1, 0.15) is 0 Å². The van der Waals surface area contributed by atoms with E-state index in [4.69, 9.17) is 23.7 Å². The van der Waals surface area contributed by atoms with Gasteiger partial charge in [0.1, 0.15) is 54.9 Å². The molecule has 0 bridgehead atoms. The molecule has 3 aliphatic heterocycles. The average Bonchev–Trinajstić information content (AvgIpc) is 3.17. The minimum atomic E-state index is -2.06. The van der Waals surface area contributed by atoms with Crippen molar-refractivity contribution in [2.75, 3.05) is 13.2 Å². The van der Waals surface area contributed by atoms with Crippen molar-refractivity contribution in [1.82, 2.24) is 0 Å². The van der Waals surface area contributed by atoms with Crippen LogP contribution in [0.5, 0.6) is 0 Å². The summed E-state index contributed by atoms with van der Waals surface area (Å²) in [5.74, 6) is -1.66. The Labute approximate surface area is 174 Å². The Kier molecular flexibility index (Phi) is 7.80. The molecule has 180 valence electrons. The number of hydrogen-bond acceptors (Lipinski definition) is 14. The van der Waals surface area contributed by atoms with Crippen LogP contribution in [0.4, 0.5) is 0 Å². The average molecular weight is 458 g/mol. The number of ether oxygens (including phenoxy) is 5. The predicted octanol–water partition coefficient (Wildman–Crippen LogP) is -6.20. The first-order valence-electron chi connectivity index (χ1n) is 9.40. The molecule has 0 aliphatic carbocycles. The number of aliphatic hydroxyl groups is 8. The smallest absolute Gasteiger partial charge is 0.335 e. The van der Waals surface area contributed by atoms with Crippen LogP contribution >= 0.6 is 0 Å². The summed E-state index contributed by atoms with van der Waals surface area (Å²) < 4.78 is 25.9. The number of carboxylic acids is 1. The fourth-order valence-electron chi connectivity index (χ4n) is 3.61. The Morgan fingerprint density at radius 1 is 0.677 bits per heavy atom. The van der Waals surface area contributed by atoms with Crippen LogP contribution < -0.4 is 0 Å². The van der Waals surface area contributed by atoms with Crippen LogP contribution in [0.2, 0.25) is 0 Å². The van der Waals surface area contributed by atoms with Gasteiger partial charge in [0.25, 0.3) is 0 Å². The molecule has 0 aromatic carbocycles. The van der Waals surface area contributed by atoms with Gasteiger partial charge in [0.15, 0.2) is 25.0 Å². The van der Waals surface area contributed by atoms with E-state index in [0.717, 1.165) is 0 Å². The summed E-state index contributed by atoms with van der Waals surface area (Å²) in [4.78, 5) is 11.7. The lowest BCUT2D eigenvalue weighted by Gasteiger charge is -2.42. The normalized spacial score (nSPS) is 50.6. The van der Waals surface area contributed by atoms with E-state index >= 15 is 0 Å². The van der Waals surface area contributed by atoms with Crippen molar-refractivity contribution < 1.29 is 74.4 Å². The topological polar surface area (TPSA) is 245 Å². The standard InChI is InChI=1S/C16H26O15/c17-1-3-5(19)7(21)15(27-3)30-10-9(23)14(26)29-12(13(24)25)11(10)31-16-8(22)6(20)4(2-18)28-16/h3-12,14-23,26H,1-2H2,(H,24,25)/t3-,4-,5-,6-,7+,8+,9+,10+,11-,12-,14+,15-,16-/m0/s1. The van der Waals surface area contributed by atoms with Gasteiger partial charge in [-0.2, -0.15) is 0 Å². The van der Waals surface area contributed by atoms with E-state index in [1.807, 2.05) is 0 Å².